The Morgan fingerprint density at radius 1 is 1.30 bits per heavy atom. The topological polar surface area (TPSA) is 21.3 Å². The lowest BCUT2D eigenvalue weighted by Crippen LogP contribution is -2.32. The highest BCUT2D eigenvalue weighted by molar-refractivity contribution is 5.39. The second kappa shape index (κ2) is 6.08. The molecule has 0 saturated heterocycles. The van der Waals surface area contributed by atoms with E-state index in [-0.39, 0.29) is 24.8 Å². The summed E-state index contributed by atoms with van der Waals surface area (Å²) >= 11 is 0. The number of ether oxygens (including phenoxy) is 1. The van der Waals surface area contributed by atoms with Crippen molar-refractivity contribution < 1.29 is 13.5 Å². The number of aryl methyl sites for hydroxylation is 1. The highest BCUT2D eigenvalue weighted by Crippen LogP contribution is 2.43. The molecule has 1 fully saturated rings. The number of alkyl halides is 2. The van der Waals surface area contributed by atoms with Gasteiger partial charge in [-0.2, -0.15) is 0 Å². The number of nitrogens with one attached hydrogen (secondary N) is 1. The van der Waals surface area contributed by atoms with Gasteiger partial charge in [-0.15, -0.1) is 0 Å². The van der Waals surface area contributed by atoms with E-state index < -0.39 is 5.92 Å². The normalized spacial score (nSPS) is 20.6. The number of methoxy groups -OCH3 is 1. The fraction of sp³-hybridized carbons (Fsp3) is 0.625. The first-order chi connectivity index (χ1) is 9.46. The number of benzene rings is 1. The predicted octanol–water partition coefficient (Wildman–Crippen LogP) is 4.09. The van der Waals surface area contributed by atoms with Crippen LogP contribution in [0.2, 0.25) is 0 Å². The van der Waals surface area contributed by atoms with Crippen molar-refractivity contribution >= 4 is 0 Å². The number of hydrogen-bond donors (Lipinski definition) is 1. The zero-order chi connectivity index (χ0) is 14.8. The maximum absolute atomic E-state index is 13.3. The zero-order valence-corrected chi connectivity index (χ0v) is 12.4. The average Bonchev–Trinajstić information content (AvgIpc) is 2.41. The summed E-state index contributed by atoms with van der Waals surface area (Å²) < 4.78 is 32.1. The molecule has 4 heteroatoms. The van der Waals surface area contributed by atoms with Crippen LogP contribution in [0.1, 0.15) is 42.9 Å². The van der Waals surface area contributed by atoms with Gasteiger partial charge in [-0.3, -0.25) is 0 Å². The molecule has 1 aromatic carbocycles. The lowest BCUT2D eigenvalue weighted by Gasteiger charge is -2.34. The summed E-state index contributed by atoms with van der Waals surface area (Å²) in [7, 11) is 3.54. The van der Waals surface area contributed by atoms with Crippen molar-refractivity contribution in [3.05, 3.63) is 29.3 Å². The molecule has 20 heavy (non-hydrogen) atoms. The number of rotatable bonds is 4. The molecule has 0 aromatic heterocycles. The Morgan fingerprint density at radius 3 is 2.50 bits per heavy atom. The molecular weight excluding hydrogens is 260 g/mol. The molecule has 0 bridgehead atoms. The molecule has 1 atom stereocenters. The lowest BCUT2D eigenvalue weighted by molar-refractivity contribution is -0.0495. The van der Waals surface area contributed by atoms with Crippen LogP contribution in [0.25, 0.3) is 0 Å². The second-order valence-electron chi connectivity index (χ2n) is 5.71. The average molecular weight is 283 g/mol. The maximum atomic E-state index is 13.3. The third-order valence-corrected chi connectivity index (χ3v) is 4.26. The Morgan fingerprint density at radius 2 is 1.95 bits per heavy atom. The SMILES string of the molecule is CNC(c1cc(C)ccc1OC)C1CCC(F)(F)CC1. The Kier molecular flexibility index (Phi) is 4.63. The predicted molar refractivity (Wildman–Crippen MR) is 76.4 cm³/mol. The summed E-state index contributed by atoms with van der Waals surface area (Å²) in [5.41, 5.74) is 2.23. The minimum Gasteiger partial charge on any atom is -0.496 e. The van der Waals surface area contributed by atoms with Gasteiger partial charge in [0.1, 0.15) is 5.75 Å². The highest BCUT2D eigenvalue weighted by Gasteiger charge is 2.38. The van der Waals surface area contributed by atoms with Crippen LogP contribution in [-0.2, 0) is 0 Å². The first-order valence-corrected chi connectivity index (χ1v) is 7.16. The minimum atomic E-state index is -2.48. The van der Waals surface area contributed by atoms with E-state index >= 15 is 0 Å². The summed E-state index contributed by atoms with van der Waals surface area (Å²) in [5.74, 6) is -1.42. The number of halogens is 2. The molecule has 1 aliphatic rings. The Bertz CT molecular complexity index is 452. The van der Waals surface area contributed by atoms with E-state index in [4.69, 9.17) is 4.74 Å². The molecule has 0 heterocycles. The standard InChI is InChI=1S/C16H23F2NO/c1-11-4-5-14(20-3)13(10-11)15(19-2)12-6-8-16(17,18)9-7-12/h4-5,10,12,15,19H,6-9H2,1-3H3. The molecule has 1 aromatic rings. The van der Waals surface area contributed by atoms with Crippen molar-refractivity contribution in [3.63, 3.8) is 0 Å². The molecule has 1 saturated carbocycles. The van der Waals surface area contributed by atoms with E-state index in [2.05, 4.69) is 11.4 Å². The van der Waals surface area contributed by atoms with Gasteiger partial charge >= 0.3 is 0 Å². The van der Waals surface area contributed by atoms with E-state index in [1.165, 1.54) is 0 Å². The van der Waals surface area contributed by atoms with E-state index in [9.17, 15) is 8.78 Å². The fourth-order valence-corrected chi connectivity index (χ4v) is 3.14. The first-order valence-electron chi connectivity index (χ1n) is 7.16. The summed E-state index contributed by atoms with van der Waals surface area (Å²) in [6.45, 7) is 2.03. The lowest BCUT2D eigenvalue weighted by atomic mass is 9.79. The highest BCUT2D eigenvalue weighted by atomic mass is 19.3. The largest absolute Gasteiger partial charge is 0.496 e. The van der Waals surface area contributed by atoms with Gasteiger partial charge in [0.15, 0.2) is 0 Å². The van der Waals surface area contributed by atoms with Gasteiger partial charge in [0, 0.05) is 24.4 Å². The fourth-order valence-electron chi connectivity index (χ4n) is 3.14. The van der Waals surface area contributed by atoms with Crippen LogP contribution in [0.5, 0.6) is 5.75 Å². The summed E-state index contributed by atoms with van der Waals surface area (Å²) in [6, 6.07) is 6.12. The molecule has 0 aliphatic heterocycles. The van der Waals surface area contributed by atoms with Crippen molar-refractivity contribution in [1.29, 1.82) is 0 Å². The van der Waals surface area contributed by atoms with E-state index in [1.807, 2.05) is 26.1 Å². The zero-order valence-electron chi connectivity index (χ0n) is 12.4. The Labute approximate surface area is 119 Å². The van der Waals surface area contributed by atoms with E-state index in [1.54, 1.807) is 7.11 Å². The summed E-state index contributed by atoms with van der Waals surface area (Å²) in [4.78, 5) is 0. The van der Waals surface area contributed by atoms with Crippen molar-refractivity contribution in [1.82, 2.24) is 5.32 Å². The van der Waals surface area contributed by atoms with Crippen molar-refractivity contribution in [2.75, 3.05) is 14.2 Å². The van der Waals surface area contributed by atoms with Crippen LogP contribution < -0.4 is 10.1 Å². The summed E-state index contributed by atoms with van der Waals surface area (Å²) in [6.07, 6.45) is 1.08. The van der Waals surface area contributed by atoms with Crippen molar-refractivity contribution in [2.24, 2.45) is 5.92 Å². The van der Waals surface area contributed by atoms with Gasteiger partial charge in [-0.1, -0.05) is 17.7 Å². The molecule has 1 unspecified atom stereocenters. The van der Waals surface area contributed by atoms with Crippen LogP contribution in [0.15, 0.2) is 18.2 Å². The molecule has 1 N–H and O–H groups in total. The van der Waals surface area contributed by atoms with Crippen LogP contribution in [0, 0.1) is 12.8 Å². The monoisotopic (exact) mass is 283 g/mol. The maximum Gasteiger partial charge on any atom is 0.248 e. The molecule has 0 amide bonds. The van der Waals surface area contributed by atoms with Gasteiger partial charge < -0.3 is 10.1 Å². The van der Waals surface area contributed by atoms with Gasteiger partial charge in [0.05, 0.1) is 7.11 Å². The van der Waals surface area contributed by atoms with Crippen LogP contribution in [-0.4, -0.2) is 20.1 Å². The summed E-state index contributed by atoms with van der Waals surface area (Å²) in [5, 5.41) is 3.29. The second-order valence-corrected chi connectivity index (χ2v) is 5.71. The Hall–Kier alpha value is -1.16. The van der Waals surface area contributed by atoms with Crippen LogP contribution >= 0.6 is 0 Å². The quantitative estimate of drug-likeness (QED) is 0.898. The molecule has 2 nitrogen and oxygen atoms in total. The smallest absolute Gasteiger partial charge is 0.248 e. The van der Waals surface area contributed by atoms with Gasteiger partial charge in [0.2, 0.25) is 5.92 Å². The third kappa shape index (κ3) is 3.29. The number of hydrogen-bond acceptors (Lipinski definition) is 2. The van der Waals surface area contributed by atoms with E-state index in [0.29, 0.717) is 12.8 Å². The third-order valence-electron chi connectivity index (χ3n) is 4.26. The van der Waals surface area contributed by atoms with Gasteiger partial charge in [-0.05, 0) is 38.8 Å². The Balaban J connectivity index is 2.22. The van der Waals surface area contributed by atoms with Crippen molar-refractivity contribution in [2.45, 2.75) is 44.6 Å². The van der Waals surface area contributed by atoms with Crippen molar-refractivity contribution in [3.8, 4) is 5.75 Å². The van der Waals surface area contributed by atoms with Crippen LogP contribution in [0.3, 0.4) is 0 Å². The van der Waals surface area contributed by atoms with Crippen LogP contribution in [0.4, 0.5) is 8.78 Å². The van der Waals surface area contributed by atoms with Gasteiger partial charge in [0.25, 0.3) is 0 Å². The van der Waals surface area contributed by atoms with E-state index in [0.717, 1.165) is 16.9 Å². The molecule has 1 aliphatic carbocycles. The van der Waals surface area contributed by atoms with Gasteiger partial charge in [-0.25, -0.2) is 8.78 Å². The first kappa shape index (κ1) is 15.2. The molecular formula is C16H23F2NO. The molecule has 0 radical (unpaired) electrons. The minimum absolute atomic E-state index is 0.00994. The molecule has 0 spiro atoms. The molecule has 112 valence electrons. The molecule has 2 rings (SSSR count).